The summed E-state index contributed by atoms with van der Waals surface area (Å²) in [7, 11) is 0. The monoisotopic (exact) mass is 482 g/mol. The molecule has 0 aliphatic carbocycles. The molecule has 2 aromatic heterocycles. The number of nitrogens with two attached hydrogens (primary N) is 1. The number of ether oxygens (including phenoxy) is 2. The van der Waals surface area contributed by atoms with Gasteiger partial charge in [-0.1, -0.05) is 25.1 Å². The van der Waals surface area contributed by atoms with Crippen LogP contribution >= 0.6 is 0 Å². The lowest BCUT2D eigenvalue weighted by Gasteiger charge is -2.15. The van der Waals surface area contributed by atoms with Gasteiger partial charge in [-0.15, -0.1) is 10.2 Å². The maximum absolute atomic E-state index is 14.5. The second kappa shape index (κ2) is 10.2. The largest absolute Gasteiger partial charge is 0.479 e. The maximum atomic E-state index is 14.5. The third-order valence-electron chi connectivity index (χ3n) is 4.99. The molecule has 12 heteroatoms. The predicted octanol–water partition coefficient (Wildman–Crippen LogP) is 3.70. The number of H-pyrrole nitrogens is 1. The van der Waals surface area contributed by atoms with Gasteiger partial charge >= 0.3 is 5.97 Å². The lowest BCUT2D eigenvalue weighted by Crippen LogP contribution is -2.26. The molecule has 180 valence electrons. The summed E-state index contributed by atoms with van der Waals surface area (Å²) in [4.78, 5) is 15.0. The van der Waals surface area contributed by atoms with E-state index < -0.39 is 35.5 Å². The van der Waals surface area contributed by atoms with Crippen molar-refractivity contribution in [2.75, 3.05) is 0 Å². The number of aromatic nitrogens is 5. The number of carboxylic acid groups (broad SMARTS) is 1. The number of nitrogens with zero attached hydrogens (tertiary/aromatic N) is 4. The van der Waals surface area contributed by atoms with Gasteiger partial charge in [-0.05, 0) is 52.6 Å². The van der Waals surface area contributed by atoms with Gasteiger partial charge in [0.2, 0.25) is 5.82 Å². The third kappa shape index (κ3) is 5.38. The van der Waals surface area contributed by atoms with Crippen molar-refractivity contribution in [3.05, 3.63) is 65.7 Å². The van der Waals surface area contributed by atoms with Crippen molar-refractivity contribution in [3.63, 3.8) is 0 Å². The molecule has 0 saturated carbocycles. The number of hydrogen-bond acceptors (Lipinski definition) is 8. The van der Waals surface area contributed by atoms with E-state index in [0.29, 0.717) is 23.7 Å². The molecule has 0 fully saturated rings. The van der Waals surface area contributed by atoms with Crippen LogP contribution in [0.4, 0.5) is 8.78 Å². The average molecular weight is 482 g/mol. The van der Waals surface area contributed by atoms with Crippen LogP contribution in [-0.4, -0.2) is 42.8 Å². The third-order valence-corrected chi connectivity index (χ3v) is 4.99. The lowest BCUT2D eigenvalue weighted by molar-refractivity contribution is -0.145. The molecule has 35 heavy (non-hydrogen) atoms. The van der Waals surface area contributed by atoms with Gasteiger partial charge < -0.3 is 20.3 Å². The fourth-order valence-corrected chi connectivity index (χ4v) is 3.26. The average Bonchev–Trinajstić information content (AvgIpc) is 3.40. The minimum atomic E-state index is -1.36. The number of benzene rings is 2. The van der Waals surface area contributed by atoms with Crippen molar-refractivity contribution >= 4 is 5.97 Å². The second-order valence-corrected chi connectivity index (χ2v) is 7.40. The molecule has 4 N–H and O–H groups in total. The van der Waals surface area contributed by atoms with Crippen LogP contribution in [0.2, 0.25) is 0 Å². The summed E-state index contributed by atoms with van der Waals surface area (Å²) in [6.07, 6.45) is -1.32. The van der Waals surface area contributed by atoms with Crippen LogP contribution in [0.15, 0.2) is 48.5 Å². The molecule has 4 rings (SSSR count). The van der Waals surface area contributed by atoms with Crippen LogP contribution in [0, 0.1) is 11.6 Å². The van der Waals surface area contributed by atoms with Crippen LogP contribution in [0.1, 0.15) is 18.9 Å². The minimum Gasteiger partial charge on any atom is -0.479 e. The Kier molecular flexibility index (Phi) is 6.92. The van der Waals surface area contributed by atoms with Crippen molar-refractivity contribution < 1.29 is 28.2 Å². The molecule has 2 aromatic carbocycles. The first-order chi connectivity index (χ1) is 16.9. The second-order valence-electron chi connectivity index (χ2n) is 7.40. The molecule has 1 unspecified atom stereocenters. The van der Waals surface area contributed by atoms with E-state index in [-0.39, 0.29) is 18.0 Å². The molecule has 4 aromatic rings. The highest BCUT2D eigenvalue weighted by Gasteiger charge is 2.23. The molecule has 2 heterocycles. The Balaban J connectivity index is 1.75. The van der Waals surface area contributed by atoms with Gasteiger partial charge in [0.1, 0.15) is 5.75 Å². The van der Waals surface area contributed by atoms with Gasteiger partial charge in [-0.2, -0.15) is 10.2 Å². The summed E-state index contributed by atoms with van der Waals surface area (Å²) in [5.41, 5.74) is 8.62. The maximum Gasteiger partial charge on any atom is 0.344 e. The fourth-order valence-electron chi connectivity index (χ4n) is 3.26. The number of carbonyl (C=O) groups is 1. The molecule has 1 atom stereocenters. The number of aromatic amines is 1. The molecule has 0 aliphatic heterocycles. The number of hydrogen-bond donors (Lipinski definition) is 3. The zero-order valence-corrected chi connectivity index (χ0v) is 18.4. The van der Waals surface area contributed by atoms with Crippen molar-refractivity contribution in [3.8, 4) is 40.0 Å². The van der Waals surface area contributed by atoms with Crippen molar-refractivity contribution in [1.29, 1.82) is 0 Å². The lowest BCUT2D eigenvalue weighted by atomic mass is 10.0. The molecule has 0 saturated heterocycles. The highest BCUT2D eigenvalue weighted by molar-refractivity contribution is 5.73. The SMILES string of the molecule is CCC(Oc1nc(Oc2cc(-c3cccc(CN)c3)cc(-c3nn[nH]n3)c2)c(F)cc1F)C(=O)O. The van der Waals surface area contributed by atoms with E-state index in [1.807, 2.05) is 24.3 Å². The molecule has 0 radical (unpaired) electrons. The van der Waals surface area contributed by atoms with Crippen LogP contribution in [0.3, 0.4) is 0 Å². The Labute approximate surface area is 197 Å². The summed E-state index contributed by atoms with van der Waals surface area (Å²) >= 11 is 0. The van der Waals surface area contributed by atoms with E-state index in [4.69, 9.17) is 15.2 Å². The number of aliphatic carboxylic acids is 1. The molecule has 0 aliphatic rings. The standard InChI is InChI=1S/C23H20F2N6O4/c1-2-19(23(32)33)35-22-18(25)10-17(24)21(27-22)34-16-8-14(13-5-3-4-12(6-13)11-26)7-15(9-16)20-28-30-31-29-20/h3-10,19H,2,11,26H2,1H3,(H,32,33)(H,28,29,30,31). The van der Waals surface area contributed by atoms with Gasteiger partial charge in [0.25, 0.3) is 11.8 Å². The molecular weight excluding hydrogens is 462 g/mol. The normalized spacial score (nSPS) is 11.8. The van der Waals surface area contributed by atoms with Crippen molar-refractivity contribution in [2.45, 2.75) is 26.0 Å². The van der Waals surface area contributed by atoms with Crippen LogP contribution in [-0.2, 0) is 11.3 Å². The van der Waals surface area contributed by atoms with Crippen molar-refractivity contribution in [1.82, 2.24) is 25.6 Å². The Bertz CT molecular complexity index is 1350. The first-order valence-electron chi connectivity index (χ1n) is 10.5. The van der Waals surface area contributed by atoms with E-state index in [9.17, 15) is 18.7 Å². The number of tetrazole rings is 1. The van der Waals surface area contributed by atoms with E-state index in [0.717, 1.165) is 11.1 Å². The molecule has 10 nitrogen and oxygen atoms in total. The van der Waals surface area contributed by atoms with E-state index in [1.54, 1.807) is 19.1 Å². The quantitative estimate of drug-likeness (QED) is 0.324. The van der Waals surface area contributed by atoms with Crippen molar-refractivity contribution in [2.24, 2.45) is 5.73 Å². The first-order valence-corrected chi connectivity index (χ1v) is 10.5. The number of pyridine rings is 1. The summed E-state index contributed by atoms with van der Waals surface area (Å²) in [5.74, 6) is -4.47. The Morgan fingerprint density at radius 3 is 2.54 bits per heavy atom. The molecule has 0 spiro atoms. The van der Waals surface area contributed by atoms with E-state index in [1.165, 1.54) is 6.07 Å². The van der Waals surface area contributed by atoms with Crippen LogP contribution < -0.4 is 15.2 Å². The predicted molar refractivity (Wildman–Crippen MR) is 120 cm³/mol. The number of nitrogens with one attached hydrogen (secondary N) is 1. The highest BCUT2D eigenvalue weighted by Crippen LogP contribution is 2.34. The van der Waals surface area contributed by atoms with Gasteiger partial charge in [0.05, 0.1) is 0 Å². The number of carboxylic acids is 1. The topological polar surface area (TPSA) is 149 Å². The Hall–Kier alpha value is -4.45. The zero-order chi connectivity index (χ0) is 24.9. The molecular formula is C23H20F2N6O4. The number of rotatable bonds is 9. The van der Waals surface area contributed by atoms with Gasteiger partial charge in [-0.3, -0.25) is 0 Å². The van der Waals surface area contributed by atoms with Crippen LogP contribution in [0.25, 0.3) is 22.5 Å². The first kappa shape index (κ1) is 23.7. The highest BCUT2D eigenvalue weighted by atomic mass is 19.1. The molecule has 0 bridgehead atoms. The fraction of sp³-hybridized carbons (Fsp3) is 0.174. The zero-order valence-electron chi connectivity index (χ0n) is 18.4. The van der Waals surface area contributed by atoms with Crippen LogP contribution in [0.5, 0.6) is 17.5 Å². The van der Waals surface area contributed by atoms with E-state index >= 15 is 0 Å². The summed E-state index contributed by atoms with van der Waals surface area (Å²) in [5, 5.41) is 23.0. The summed E-state index contributed by atoms with van der Waals surface area (Å²) in [6.45, 7) is 1.88. The minimum absolute atomic E-state index is 0.0436. The number of halogens is 2. The Morgan fingerprint density at radius 2 is 1.86 bits per heavy atom. The van der Waals surface area contributed by atoms with Gasteiger partial charge in [0, 0.05) is 18.2 Å². The Morgan fingerprint density at radius 1 is 1.09 bits per heavy atom. The summed E-state index contributed by atoms with van der Waals surface area (Å²) < 4.78 is 39.5. The van der Waals surface area contributed by atoms with Gasteiger partial charge in [0.15, 0.2) is 17.7 Å². The summed E-state index contributed by atoms with van der Waals surface area (Å²) in [6, 6.07) is 12.9. The van der Waals surface area contributed by atoms with Gasteiger partial charge in [-0.25, -0.2) is 13.6 Å². The van der Waals surface area contributed by atoms with E-state index in [2.05, 4.69) is 25.6 Å². The smallest absolute Gasteiger partial charge is 0.344 e. The molecule has 0 amide bonds.